The summed E-state index contributed by atoms with van der Waals surface area (Å²) >= 11 is 4.82. The molecule has 1 unspecified atom stereocenters. The third-order valence-electron chi connectivity index (χ3n) is 4.57. The maximum Gasteiger partial charge on any atom is 0.269 e. The highest BCUT2D eigenvalue weighted by atomic mass is 79.9. The molecule has 9 heteroatoms. The Morgan fingerprint density at radius 3 is 2.19 bits per heavy atom. The average Bonchev–Trinajstić information content (AvgIpc) is 2.72. The second-order valence-electron chi connectivity index (χ2n) is 8.48. The highest BCUT2D eigenvalue weighted by molar-refractivity contribution is 9.10. The molecule has 1 N–H and O–H groups in total. The number of benzene rings is 2. The summed E-state index contributed by atoms with van der Waals surface area (Å²) in [6, 6.07) is 13.3. The average molecular weight is 522 g/mol. The highest BCUT2D eigenvalue weighted by Crippen LogP contribution is 2.19. The third-order valence-corrected chi connectivity index (χ3v) is 6.09. The molecule has 0 spiro atoms. The molecule has 0 bridgehead atoms. The number of thioether (sulfide) groups is 1. The second-order valence-corrected chi connectivity index (χ2v) is 10.4. The molecule has 0 saturated heterocycles. The van der Waals surface area contributed by atoms with Crippen molar-refractivity contribution in [3.8, 4) is 0 Å². The monoisotopic (exact) mass is 521 g/mol. The Hall–Kier alpha value is -2.39. The molecule has 0 radical (unpaired) electrons. The van der Waals surface area contributed by atoms with Crippen LogP contribution < -0.4 is 5.32 Å². The van der Waals surface area contributed by atoms with Gasteiger partial charge in [-0.05, 0) is 51.0 Å². The summed E-state index contributed by atoms with van der Waals surface area (Å²) in [7, 11) is 0. The standard InChI is InChI=1S/C23H28BrN3O4S/c1-16(22(29)25-23(2,3)4)26(13-17-5-9-19(24)10-6-17)21(28)15-32-14-18-7-11-20(12-8-18)27(30)31/h5-12,16H,13-15H2,1-4H3,(H,25,29). The minimum absolute atomic E-state index is 0.0363. The number of nitro benzene ring substituents is 1. The van der Waals surface area contributed by atoms with E-state index in [1.807, 2.05) is 45.0 Å². The van der Waals surface area contributed by atoms with Crippen LogP contribution in [0.5, 0.6) is 0 Å². The van der Waals surface area contributed by atoms with Gasteiger partial charge in [0, 0.05) is 34.4 Å². The van der Waals surface area contributed by atoms with Crippen molar-refractivity contribution in [2.45, 2.75) is 51.6 Å². The zero-order valence-electron chi connectivity index (χ0n) is 18.6. The van der Waals surface area contributed by atoms with E-state index in [1.54, 1.807) is 24.0 Å². The fraction of sp³-hybridized carbons (Fsp3) is 0.391. The van der Waals surface area contributed by atoms with E-state index in [-0.39, 0.29) is 23.3 Å². The normalized spacial score (nSPS) is 12.2. The first-order valence-corrected chi connectivity index (χ1v) is 12.1. The summed E-state index contributed by atoms with van der Waals surface area (Å²) in [4.78, 5) is 37.8. The van der Waals surface area contributed by atoms with Gasteiger partial charge in [0.25, 0.3) is 5.69 Å². The topological polar surface area (TPSA) is 92.6 Å². The van der Waals surface area contributed by atoms with Crippen LogP contribution in [0.3, 0.4) is 0 Å². The van der Waals surface area contributed by atoms with E-state index in [9.17, 15) is 19.7 Å². The number of hydrogen-bond donors (Lipinski definition) is 1. The predicted octanol–water partition coefficient (Wildman–Crippen LogP) is 4.92. The van der Waals surface area contributed by atoms with Gasteiger partial charge in [-0.15, -0.1) is 11.8 Å². The summed E-state index contributed by atoms with van der Waals surface area (Å²) in [6.45, 7) is 7.76. The summed E-state index contributed by atoms with van der Waals surface area (Å²) in [5.41, 5.74) is 1.46. The van der Waals surface area contributed by atoms with Crippen LogP contribution in [0.1, 0.15) is 38.8 Å². The van der Waals surface area contributed by atoms with Crippen molar-refractivity contribution in [1.82, 2.24) is 10.2 Å². The van der Waals surface area contributed by atoms with Crippen LogP contribution in [0.15, 0.2) is 53.0 Å². The van der Waals surface area contributed by atoms with Gasteiger partial charge in [-0.1, -0.05) is 40.2 Å². The molecule has 32 heavy (non-hydrogen) atoms. The van der Waals surface area contributed by atoms with Gasteiger partial charge in [0.15, 0.2) is 0 Å². The van der Waals surface area contributed by atoms with Gasteiger partial charge in [-0.25, -0.2) is 0 Å². The molecule has 0 aromatic heterocycles. The van der Waals surface area contributed by atoms with Crippen LogP contribution in [-0.2, 0) is 21.9 Å². The second kappa shape index (κ2) is 11.5. The van der Waals surface area contributed by atoms with Gasteiger partial charge in [0.1, 0.15) is 6.04 Å². The first-order valence-electron chi connectivity index (χ1n) is 10.1. The lowest BCUT2D eigenvalue weighted by Gasteiger charge is -2.31. The molecule has 0 aliphatic heterocycles. The van der Waals surface area contributed by atoms with Gasteiger partial charge in [0.2, 0.25) is 11.8 Å². The minimum Gasteiger partial charge on any atom is -0.350 e. The molecular weight excluding hydrogens is 494 g/mol. The van der Waals surface area contributed by atoms with Gasteiger partial charge >= 0.3 is 0 Å². The van der Waals surface area contributed by atoms with E-state index in [0.717, 1.165) is 15.6 Å². The summed E-state index contributed by atoms with van der Waals surface area (Å²) in [5, 5.41) is 13.7. The number of nitrogens with zero attached hydrogens (tertiary/aromatic N) is 2. The molecule has 0 heterocycles. The van der Waals surface area contributed by atoms with E-state index < -0.39 is 16.5 Å². The van der Waals surface area contributed by atoms with E-state index in [2.05, 4.69) is 21.2 Å². The largest absolute Gasteiger partial charge is 0.350 e. The molecule has 172 valence electrons. The zero-order valence-corrected chi connectivity index (χ0v) is 21.0. The number of carbonyl (C=O) groups excluding carboxylic acids is 2. The van der Waals surface area contributed by atoms with Crippen molar-refractivity contribution < 1.29 is 14.5 Å². The van der Waals surface area contributed by atoms with Gasteiger partial charge < -0.3 is 10.2 Å². The Morgan fingerprint density at radius 1 is 1.09 bits per heavy atom. The lowest BCUT2D eigenvalue weighted by atomic mass is 10.1. The van der Waals surface area contributed by atoms with E-state index in [0.29, 0.717) is 12.3 Å². The number of amides is 2. The quantitative estimate of drug-likeness (QED) is 0.373. The first-order chi connectivity index (χ1) is 15.0. The number of carbonyl (C=O) groups is 2. The molecule has 2 aromatic carbocycles. The van der Waals surface area contributed by atoms with Crippen molar-refractivity contribution in [3.63, 3.8) is 0 Å². The molecule has 2 aromatic rings. The number of hydrogen-bond acceptors (Lipinski definition) is 5. The van der Waals surface area contributed by atoms with Crippen LogP contribution in [0.25, 0.3) is 0 Å². The minimum atomic E-state index is -0.634. The van der Waals surface area contributed by atoms with Crippen LogP contribution in [-0.4, -0.2) is 39.0 Å². The Balaban J connectivity index is 2.07. The van der Waals surface area contributed by atoms with Gasteiger partial charge in [-0.3, -0.25) is 19.7 Å². The van der Waals surface area contributed by atoms with Crippen LogP contribution >= 0.6 is 27.7 Å². The third kappa shape index (κ3) is 8.27. The fourth-order valence-corrected chi connectivity index (χ4v) is 4.03. The van der Waals surface area contributed by atoms with Gasteiger partial charge in [-0.2, -0.15) is 0 Å². The predicted molar refractivity (Wildman–Crippen MR) is 131 cm³/mol. The summed E-state index contributed by atoms with van der Waals surface area (Å²) in [5.74, 6) is 0.388. The van der Waals surface area contributed by atoms with Crippen molar-refractivity contribution >= 4 is 45.2 Å². The maximum absolute atomic E-state index is 13.1. The van der Waals surface area contributed by atoms with Crippen molar-refractivity contribution in [2.24, 2.45) is 0 Å². The van der Waals surface area contributed by atoms with Crippen molar-refractivity contribution in [2.75, 3.05) is 5.75 Å². The summed E-state index contributed by atoms with van der Waals surface area (Å²) < 4.78 is 0.941. The molecule has 0 fully saturated rings. The smallest absolute Gasteiger partial charge is 0.269 e. The number of nitrogens with one attached hydrogen (secondary N) is 1. The maximum atomic E-state index is 13.1. The SMILES string of the molecule is CC(C(=O)NC(C)(C)C)N(Cc1ccc(Br)cc1)C(=O)CSCc1ccc([N+](=O)[O-])cc1. The first kappa shape index (κ1) is 25.9. The van der Waals surface area contributed by atoms with Crippen LogP contribution in [0.2, 0.25) is 0 Å². The lowest BCUT2D eigenvalue weighted by Crippen LogP contribution is -2.52. The molecular formula is C23H28BrN3O4S. The Morgan fingerprint density at radius 2 is 1.66 bits per heavy atom. The van der Waals surface area contributed by atoms with E-state index >= 15 is 0 Å². The summed E-state index contributed by atoms with van der Waals surface area (Å²) in [6.07, 6.45) is 0. The molecule has 0 aliphatic carbocycles. The lowest BCUT2D eigenvalue weighted by molar-refractivity contribution is -0.384. The van der Waals surface area contributed by atoms with Crippen LogP contribution in [0, 0.1) is 10.1 Å². The molecule has 2 amide bonds. The number of halogens is 1. The number of nitro groups is 1. The molecule has 1 atom stereocenters. The molecule has 0 saturated carbocycles. The highest BCUT2D eigenvalue weighted by Gasteiger charge is 2.28. The molecule has 0 aliphatic rings. The van der Waals surface area contributed by atoms with Crippen LogP contribution in [0.4, 0.5) is 5.69 Å². The fourth-order valence-electron chi connectivity index (χ4n) is 2.90. The van der Waals surface area contributed by atoms with E-state index in [4.69, 9.17) is 0 Å². The zero-order chi connectivity index (χ0) is 23.9. The Kier molecular flexibility index (Phi) is 9.27. The Labute approximate surface area is 201 Å². The van der Waals surface area contributed by atoms with Gasteiger partial charge in [0.05, 0.1) is 10.7 Å². The number of non-ortho nitro benzene ring substituents is 1. The Bertz CT molecular complexity index is 943. The molecule has 7 nitrogen and oxygen atoms in total. The van der Waals surface area contributed by atoms with Crippen molar-refractivity contribution in [3.05, 3.63) is 74.2 Å². The number of rotatable bonds is 9. The molecule has 2 rings (SSSR count). The van der Waals surface area contributed by atoms with E-state index in [1.165, 1.54) is 23.9 Å². The van der Waals surface area contributed by atoms with Crippen molar-refractivity contribution in [1.29, 1.82) is 0 Å².